The van der Waals surface area contributed by atoms with Gasteiger partial charge in [-0.15, -0.1) is 0 Å². The van der Waals surface area contributed by atoms with Crippen LogP contribution in [0.1, 0.15) is 51.4 Å². The Morgan fingerprint density at radius 3 is 2.27 bits per heavy atom. The lowest BCUT2D eigenvalue weighted by atomic mass is 9.92. The van der Waals surface area contributed by atoms with Crippen molar-refractivity contribution in [1.82, 2.24) is 4.90 Å². The normalized spacial score (nSPS) is 27.0. The second kappa shape index (κ2) is 5.86. The molecule has 2 rings (SSSR count). The molecule has 1 saturated carbocycles. The molecule has 0 amide bonds. The Morgan fingerprint density at radius 1 is 1.00 bits per heavy atom. The lowest BCUT2D eigenvalue weighted by molar-refractivity contribution is 0.112. The van der Waals surface area contributed by atoms with Crippen molar-refractivity contribution < 1.29 is 0 Å². The first-order valence-electron chi connectivity index (χ1n) is 6.86. The van der Waals surface area contributed by atoms with Crippen molar-refractivity contribution in [3.63, 3.8) is 0 Å². The zero-order chi connectivity index (χ0) is 10.5. The lowest BCUT2D eigenvalue weighted by Gasteiger charge is -2.38. The SMILES string of the molecule is NCCC(C1CCCC1)N1CCCCC1. The molecule has 2 heteroatoms. The van der Waals surface area contributed by atoms with Crippen LogP contribution in [0.25, 0.3) is 0 Å². The van der Waals surface area contributed by atoms with Gasteiger partial charge in [-0.05, 0) is 57.7 Å². The van der Waals surface area contributed by atoms with Crippen molar-refractivity contribution >= 4 is 0 Å². The van der Waals surface area contributed by atoms with Gasteiger partial charge >= 0.3 is 0 Å². The van der Waals surface area contributed by atoms with Crippen LogP contribution in [0, 0.1) is 5.92 Å². The minimum absolute atomic E-state index is 0.817. The highest BCUT2D eigenvalue weighted by molar-refractivity contribution is 4.84. The fourth-order valence-corrected chi connectivity index (χ4v) is 3.48. The van der Waals surface area contributed by atoms with Crippen LogP contribution in [0.5, 0.6) is 0 Å². The molecule has 88 valence electrons. The van der Waals surface area contributed by atoms with E-state index in [1.165, 1.54) is 64.5 Å². The lowest BCUT2D eigenvalue weighted by Crippen LogP contribution is -2.44. The molecule has 0 aromatic heterocycles. The summed E-state index contributed by atoms with van der Waals surface area (Å²) >= 11 is 0. The number of hydrogen-bond acceptors (Lipinski definition) is 2. The van der Waals surface area contributed by atoms with E-state index in [-0.39, 0.29) is 0 Å². The Balaban J connectivity index is 1.90. The summed E-state index contributed by atoms with van der Waals surface area (Å²) in [5.41, 5.74) is 5.78. The molecule has 1 unspecified atom stereocenters. The van der Waals surface area contributed by atoms with E-state index in [0.29, 0.717) is 0 Å². The summed E-state index contributed by atoms with van der Waals surface area (Å²) in [4.78, 5) is 2.74. The average Bonchev–Trinajstić information content (AvgIpc) is 2.80. The first-order valence-corrected chi connectivity index (χ1v) is 6.86. The molecule has 2 aliphatic rings. The summed E-state index contributed by atoms with van der Waals surface area (Å²) in [7, 11) is 0. The highest BCUT2D eigenvalue weighted by Gasteiger charge is 2.29. The third-order valence-electron chi connectivity index (χ3n) is 4.27. The monoisotopic (exact) mass is 210 g/mol. The number of nitrogens with two attached hydrogens (primary N) is 1. The first kappa shape index (κ1) is 11.4. The fraction of sp³-hybridized carbons (Fsp3) is 1.00. The molecule has 1 saturated heterocycles. The van der Waals surface area contributed by atoms with Gasteiger partial charge in [-0.25, -0.2) is 0 Å². The fourth-order valence-electron chi connectivity index (χ4n) is 3.48. The van der Waals surface area contributed by atoms with Gasteiger partial charge in [-0.2, -0.15) is 0 Å². The molecule has 2 N–H and O–H groups in total. The van der Waals surface area contributed by atoms with Crippen molar-refractivity contribution in [1.29, 1.82) is 0 Å². The quantitative estimate of drug-likeness (QED) is 0.772. The Labute approximate surface area is 94.2 Å². The molecular weight excluding hydrogens is 184 g/mol. The number of hydrogen-bond donors (Lipinski definition) is 1. The van der Waals surface area contributed by atoms with E-state index in [1.807, 2.05) is 0 Å². The zero-order valence-corrected chi connectivity index (χ0v) is 9.96. The highest BCUT2D eigenvalue weighted by Crippen LogP contribution is 2.32. The Bertz CT molecular complexity index is 169. The third-order valence-corrected chi connectivity index (χ3v) is 4.27. The highest BCUT2D eigenvalue weighted by atomic mass is 15.2. The molecular formula is C13H26N2. The molecule has 0 aromatic carbocycles. The molecule has 2 nitrogen and oxygen atoms in total. The second-order valence-corrected chi connectivity index (χ2v) is 5.29. The van der Waals surface area contributed by atoms with E-state index in [9.17, 15) is 0 Å². The van der Waals surface area contributed by atoms with E-state index in [1.54, 1.807) is 0 Å². The maximum absolute atomic E-state index is 5.78. The van der Waals surface area contributed by atoms with Gasteiger partial charge in [-0.1, -0.05) is 19.3 Å². The molecule has 1 heterocycles. The van der Waals surface area contributed by atoms with E-state index >= 15 is 0 Å². The van der Waals surface area contributed by atoms with Crippen LogP contribution in [-0.2, 0) is 0 Å². The topological polar surface area (TPSA) is 29.3 Å². The van der Waals surface area contributed by atoms with Crippen LogP contribution < -0.4 is 5.73 Å². The second-order valence-electron chi connectivity index (χ2n) is 5.29. The van der Waals surface area contributed by atoms with E-state index < -0.39 is 0 Å². The first-order chi connectivity index (χ1) is 7.42. The minimum atomic E-state index is 0.817. The number of likely N-dealkylation sites (tertiary alicyclic amines) is 1. The Hall–Kier alpha value is -0.0800. The summed E-state index contributed by atoms with van der Waals surface area (Å²) < 4.78 is 0. The molecule has 1 aliphatic heterocycles. The Morgan fingerprint density at radius 2 is 1.67 bits per heavy atom. The van der Waals surface area contributed by atoms with Crippen LogP contribution >= 0.6 is 0 Å². The van der Waals surface area contributed by atoms with Crippen molar-refractivity contribution in [3.8, 4) is 0 Å². The van der Waals surface area contributed by atoms with Crippen molar-refractivity contribution in [2.45, 2.75) is 57.4 Å². The molecule has 2 fully saturated rings. The zero-order valence-electron chi connectivity index (χ0n) is 9.96. The van der Waals surface area contributed by atoms with Crippen LogP contribution in [-0.4, -0.2) is 30.6 Å². The molecule has 0 radical (unpaired) electrons. The van der Waals surface area contributed by atoms with Crippen molar-refractivity contribution in [2.75, 3.05) is 19.6 Å². The summed E-state index contributed by atoms with van der Waals surface area (Å²) in [5.74, 6) is 0.964. The predicted molar refractivity (Wildman–Crippen MR) is 64.8 cm³/mol. The number of piperidine rings is 1. The molecule has 0 aromatic rings. The summed E-state index contributed by atoms with van der Waals surface area (Å²) in [6, 6.07) is 0.817. The third kappa shape index (κ3) is 2.94. The van der Waals surface area contributed by atoms with Crippen LogP contribution in [0.4, 0.5) is 0 Å². The maximum Gasteiger partial charge on any atom is 0.0135 e. The van der Waals surface area contributed by atoms with Gasteiger partial charge in [0.15, 0.2) is 0 Å². The van der Waals surface area contributed by atoms with Gasteiger partial charge in [0.2, 0.25) is 0 Å². The largest absolute Gasteiger partial charge is 0.330 e. The molecule has 1 atom stereocenters. The summed E-state index contributed by atoms with van der Waals surface area (Å²) in [6.45, 7) is 3.54. The predicted octanol–water partition coefficient (Wildman–Crippen LogP) is 2.38. The standard InChI is InChI=1S/C13H26N2/c14-9-8-13(12-6-2-3-7-12)15-10-4-1-5-11-15/h12-13H,1-11,14H2. The van der Waals surface area contributed by atoms with Crippen molar-refractivity contribution in [3.05, 3.63) is 0 Å². The Kier molecular flexibility index (Phi) is 4.45. The molecule has 0 spiro atoms. The van der Waals surface area contributed by atoms with Crippen LogP contribution in [0.3, 0.4) is 0 Å². The average molecular weight is 210 g/mol. The van der Waals surface area contributed by atoms with Crippen LogP contribution in [0.15, 0.2) is 0 Å². The van der Waals surface area contributed by atoms with Gasteiger partial charge in [0.25, 0.3) is 0 Å². The van der Waals surface area contributed by atoms with Gasteiger partial charge in [0.05, 0.1) is 0 Å². The molecule has 15 heavy (non-hydrogen) atoms. The molecule has 1 aliphatic carbocycles. The van der Waals surface area contributed by atoms with Gasteiger partial charge < -0.3 is 10.6 Å². The smallest absolute Gasteiger partial charge is 0.0135 e. The van der Waals surface area contributed by atoms with E-state index in [0.717, 1.165) is 18.5 Å². The van der Waals surface area contributed by atoms with E-state index in [2.05, 4.69) is 4.90 Å². The number of nitrogens with zero attached hydrogens (tertiary/aromatic N) is 1. The van der Waals surface area contributed by atoms with Gasteiger partial charge in [0, 0.05) is 6.04 Å². The van der Waals surface area contributed by atoms with Gasteiger partial charge in [0.1, 0.15) is 0 Å². The van der Waals surface area contributed by atoms with Gasteiger partial charge in [-0.3, -0.25) is 0 Å². The minimum Gasteiger partial charge on any atom is -0.330 e. The summed E-state index contributed by atoms with van der Waals surface area (Å²) in [5, 5.41) is 0. The van der Waals surface area contributed by atoms with Crippen LogP contribution in [0.2, 0.25) is 0 Å². The maximum atomic E-state index is 5.78. The summed E-state index contributed by atoms with van der Waals surface area (Å²) in [6.07, 6.45) is 11.3. The van der Waals surface area contributed by atoms with E-state index in [4.69, 9.17) is 5.73 Å². The number of rotatable bonds is 4. The van der Waals surface area contributed by atoms with Crippen molar-refractivity contribution in [2.24, 2.45) is 11.7 Å². The molecule has 0 bridgehead atoms.